The lowest BCUT2D eigenvalue weighted by molar-refractivity contribution is -0.137. The molecule has 0 radical (unpaired) electrons. The highest BCUT2D eigenvalue weighted by atomic mass is 19.1. The zero-order valence-corrected chi connectivity index (χ0v) is 23.5. The predicted octanol–water partition coefficient (Wildman–Crippen LogP) is 4.42. The van der Waals surface area contributed by atoms with Crippen LogP contribution in [0.2, 0.25) is 0 Å². The molecular formula is C30H44FN5O3. The second-order valence-corrected chi connectivity index (χ2v) is 11.2. The third kappa shape index (κ3) is 7.52. The van der Waals surface area contributed by atoms with Gasteiger partial charge >= 0.3 is 0 Å². The number of aromatic nitrogens is 2. The van der Waals surface area contributed by atoms with Gasteiger partial charge < -0.3 is 25.4 Å². The molecule has 0 bridgehead atoms. The lowest BCUT2D eigenvalue weighted by Crippen LogP contribution is -2.60. The molecule has 2 fully saturated rings. The number of piperidine rings is 1. The molecule has 1 atom stereocenters. The summed E-state index contributed by atoms with van der Waals surface area (Å²) < 4.78 is 26.6. The molecular weight excluding hydrogens is 497 g/mol. The third-order valence-electron chi connectivity index (χ3n) is 8.41. The molecule has 1 saturated heterocycles. The van der Waals surface area contributed by atoms with Gasteiger partial charge in [0, 0.05) is 50.3 Å². The molecule has 4 rings (SSSR count). The molecule has 214 valence electrons. The number of nitrogens with two attached hydrogens (primary N) is 1. The maximum absolute atomic E-state index is 16.0. The molecule has 1 amide bonds. The molecule has 3 N–H and O–H groups in total. The zero-order valence-electron chi connectivity index (χ0n) is 23.5. The maximum Gasteiger partial charge on any atom is 0.258 e. The van der Waals surface area contributed by atoms with Crippen LogP contribution in [0.15, 0.2) is 36.5 Å². The number of carbonyl (C=O) groups is 1. The lowest BCUT2D eigenvalue weighted by atomic mass is 9.73. The number of amides is 1. The van der Waals surface area contributed by atoms with Gasteiger partial charge in [-0.2, -0.15) is 0 Å². The number of carbonyl (C=O) groups excluding carboxylic acids is 1. The highest BCUT2D eigenvalue weighted by Gasteiger charge is 2.46. The number of hydrogen-bond donors (Lipinski definition) is 2. The van der Waals surface area contributed by atoms with E-state index in [1.807, 2.05) is 42.2 Å². The number of nitrogens with one attached hydrogen (secondary N) is 1. The van der Waals surface area contributed by atoms with Crippen molar-refractivity contribution in [3.05, 3.63) is 42.1 Å². The number of ether oxygens (including phenoxy) is 2. The fraction of sp³-hybridized carbons (Fsp3) is 0.633. The van der Waals surface area contributed by atoms with Crippen LogP contribution >= 0.6 is 0 Å². The van der Waals surface area contributed by atoms with Crippen LogP contribution in [0.25, 0.3) is 11.3 Å². The first-order valence-electron chi connectivity index (χ1n) is 14.3. The summed E-state index contributed by atoms with van der Waals surface area (Å²) in [7, 11) is 1.65. The van der Waals surface area contributed by atoms with E-state index < -0.39 is 17.1 Å². The smallest absolute Gasteiger partial charge is 0.258 e. The highest BCUT2D eigenvalue weighted by Crippen LogP contribution is 2.36. The first kappa shape index (κ1) is 29.4. The van der Waals surface area contributed by atoms with Crippen molar-refractivity contribution in [2.45, 2.75) is 76.1 Å². The minimum Gasteiger partial charge on any atom is -0.382 e. The van der Waals surface area contributed by atoms with Gasteiger partial charge in [-0.05, 0) is 50.3 Å². The number of anilines is 1. The number of rotatable bonds is 12. The quantitative estimate of drug-likeness (QED) is 0.384. The Hall–Kier alpha value is -2.62. The van der Waals surface area contributed by atoms with E-state index in [0.717, 1.165) is 42.5 Å². The largest absolute Gasteiger partial charge is 0.382 e. The van der Waals surface area contributed by atoms with Crippen LogP contribution < -0.4 is 16.0 Å². The fourth-order valence-electron chi connectivity index (χ4n) is 5.83. The Balaban J connectivity index is 1.35. The van der Waals surface area contributed by atoms with Crippen molar-refractivity contribution in [1.29, 1.82) is 0 Å². The van der Waals surface area contributed by atoms with Gasteiger partial charge in [0.05, 0.1) is 25.5 Å². The summed E-state index contributed by atoms with van der Waals surface area (Å²) in [6.45, 7) is 4.92. The van der Waals surface area contributed by atoms with Crippen molar-refractivity contribution >= 4 is 11.9 Å². The predicted molar refractivity (Wildman–Crippen MR) is 151 cm³/mol. The normalized spacial score (nSPS) is 19.4. The topological polar surface area (TPSA) is 103 Å². The van der Waals surface area contributed by atoms with Gasteiger partial charge in [0.2, 0.25) is 5.95 Å². The molecule has 1 unspecified atom stereocenters. The van der Waals surface area contributed by atoms with E-state index in [1.54, 1.807) is 13.3 Å². The van der Waals surface area contributed by atoms with Crippen LogP contribution in [0, 0.1) is 5.92 Å². The van der Waals surface area contributed by atoms with Crippen LogP contribution in [0.4, 0.5) is 10.3 Å². The Kier molecular flexibility index (Phi) is 10.3. The second-order valence-electron chi connectivity index (χ2n) is 11.2. The van der Waals surface area contributed by atoms with Gasteiger partial charge in [-0.15, -0.1) is 0 Å². The summed E-state index contributed by atoms with van der Waals surface area (Å²) in [5, 5.41) is 3.12. The average molecular weight is 542 g/mol. The Morgan fingerprint density at radius 2 is 1.87 bits per heavy atom. The van der Waals surface area contributed by atoms with Crippen molar-refractivity contribution < 1.29 is 18.7 Å². The molecule has 1 saturated carbocycles. The summed E-state index contributed by atoms with van der Waals surface area (Å²) >= 11 is 0. The molecule has 2 aliphatic rings. The number of benzene rings is 1. The lowest BCUT2D eigenvalue weighted by Gasteiger charge is -2.43. The van der Waals surface area contributed by atoms with Gasteiger partial charge in [0.25, 0.3) is 5.91 Å². The Labute approximate surface area is 231 Å². The fourth-order valence-corrected chi connectivity index (χ4v) is 5.83. The van der Waals surface area contributed by atoms with Crippen molar-refractivity contribution in [3.8, 4) is 11.3 Å². The summed E-state index contributed by atoms with van der Waals surface area (Å²) in [6, 6.07) is 9.94. The molecule has 39 heavy (non-hydrogen) atoms. The van der Waals surface area contributed by atoms with Crippen molar-refractivity contribution in [3.63, 3.8) is 0 Å². The molecule has 9 heteroatoms. The van der Waals surface area contributed by atoms with Crippen LogP contribution in [0.5, 0.6) is 0 Å². The van der Waals surface area contributed by atoms with Crippen molar-refractivity contribution in [2.24, 2.45) is 11.7 Å². The maximum atomic E-state index is 16.0. The molecule has 1 aliphatic heterocycles. The van der Waals surface area contributed by atoms with E-state index >= 15 is 4.39 Å². The minimum absolute atomic E-state index is 0.105. The second kappa shape index (κ2) is 13.6. The average Bonchev–Trinajstić information content (AvgIpc) is 2.97. The van der Waals surface area contributed by atoms with Gasteiger partial charge in [-0.25, -0.2) is 14.4 Å². The number of nitrogens with zero attached hydrogens (tertiary/aromatic N) is 3. The first-order valence-corrected chi connectivity index (χ1v) is 14.3. The zero-order chi connectivity index (χ0) is 27.7. The molecule has 1 aliphatic carbocycles. The SMILES string of the molecule is COCCOCc1ccc(-c2ccnc(N3CCC(F)(C(=O)NC(C)(CCN)C4CCCCC4)CC3)n2)cc1. The molecule has 1 aromatic carbocycles. The van der Waals surface area contributed by atoms with Gasteiger partial charge in [-0.1, -0.05) is 43.5 Å². The van der Waals surface area contributed by atoms with Crippen molar-refractivity contribution in [2.75, 3.05) is 44.9 Å². The van der Waals surface area contributed by atoms with E-state index in [-0.39, 0.29) is 12.8 Å². The van der Waals surface area contributed by atoms with Crippen LogP contribution in [0.3, 0.4) is 0 Å². The van der Waals surface area contributed by atoms with Gasteiger partial charge in [0.15, 0.2) is 5.67 Å². The summed E-state index contributed by atoms with van der Waals surface area (Å²) in [6.07, 6.45) is 8.25. The van der Waals surface area contributed by atoms with E-state index in [1.165, 1.54) is 6.42 Å². The Morgan fingerprint density at radius 1 is 1.15 bits per heavy atom. The van der Waals surface area contributed by atoms with Crippen molar-refractivity contribution in [1.82, 2.24) is 15.3 Å². The summed E-state index contributed by atoms with van der Waals surface area (Å²) in [5.74, 6) is 0.401. The van der Waals surface area contributed by atoms with Crippen LogP contribution in [-0.4, -0.2) is 67.0 Å². The van der Waals surface area contributed by atoms with Crippen LogP contribution in [0.1, 0.15) is 63.9 Å². The van der Waals surface area contributed by atoms with E-state index in [9.17, 15) is 4.79 Å². The number of methoxy groups -OCH3 is 1. The Bertz CT molecular complexity index is 1050. The van der Waals surface area contributed by atoms with E-state index in [4.69, 9.17) is 20.2 Å². The first-order chi connectivity index (χ1) is 18.9. The van der Waals surface area contributed by atoms with Crippen LogP contribution in [-0.2, 0) is 20.9 Å². The summed E-state index contributed by atoms with van der Waals surface area (Å²) in [4.78, 5) is 24.4. The van der Waals surface area contributed by atoms with Gasteiger partial charge in [0.1, 0.15) is 0 Å². The standard InChI is InChI=1S/C30H44FN5O3/c1-29(13-16-32,25-6-4-3-5-7-25)35-27(37)30(31)14-18-36(19-15-30)28-33-17-12-26(34-28)24-10-8-23(9-11-24)22-39-21-20-38-2/h8-12,17,25H,3-7,13-16,18-22,32H2,1-2H3,(H,35,37). The number of hydrogen-bond acceptors (Lipinski definition) is 7. The monoisotopic (exact) mass is 541 g/mol. The molecule has 1 aromatic heterocycles. The number of alkyl halides is 1. The molecule has 2 heterocycles. The summed E-state index contributed by atoms with van der Waals surface area (Å²) in [5.41, 5.74) is 6.38. The molecule has 8 nitrogen and oxygen atoms in total. The third-order valence-corrected chi connectivity index (χ3v) is 8.41. The van der Waals surface area contributed by atoms with E-state index in [2.05, 4.69) is 10.3 Å². The highest BCUT2D eigenvalue weighted by molar-refractivity contribution is 5.86. The molecule has 0 spiro atoms. The van der Waals surface area contributed by atoms with E-state index in [0.29, 0.717) is 57.7 Å². The molecule has 2 aromatic rings. The number of halogens is 1. The van der Waals surface area contributed by atoms with Gasteiger partial charge in [-0.3, -0.25) is 4.79 Å². The minimum atomic E-state index is -1.90. The Morgan fingerprint density at radius 3 is 2.54 bits per heavy atom.